The zero-order valence-electron chi connectivity index (χ0n) is 8.02. The SMILES string of the molecule is CCC(=O)N1CCC(=O)C(C(=O)O)C1. The quantitative estimate of drug-likeness (QED) is 0.630. The highest BCUT2D eigenvalue weighted by molar-refractivity contribution is 5.99. The van der Waals surface area contributed by atoms with Crippen molar-refractivity contribution in [2.75, 3.05) is 13.1 Å². The zero-order valence-corrected chi connectivity index (χ0v) is 8.02. The summed E-state index contributed by atoms with van der Waals surface area (Å²) in [7, 11) is 0. The molecule has 0 aromatic carbocycles. The number of carbonyl (C=O) groups excluding carboxylic acids is 2. The number of amides is 1. The molecule has 0 spiro atoms. The molecule has 1 aliphatic rings. The number of ketones is 1. The molecule has 1 fully saturated rings. The van der Waals surface area contributed by atoms with Crippen molar-refractivity contribution in [3.63, 3.8) is 0 Å². The predicted molar refractivity (Wildman–Crippen MR) is 47.6 cm³/mol. The number of hydrogen-bond donors (Lipinski definition) is 1. The van der Waals surface area contributed by atoms with Crippen molar-refractivity contribution in [2.45, 2.75) is 19.8 Å². The van der Waals surface area contributed by atoms with Gasteiger partial charge in [-0.05, 0) is 0 Å². The number of carbonyl (C=O) groups is 3. The summed E-state index contributed by atoms with van der Waals surface area (Å²) >= 11 is 0. The van der Waals surface area contributed by atoms with Crippen molar-refractivity contribution in [1.82, 2.24) is 4.90 Å². The number of carboxylic acids is 1. The first kappa shape index (κ1) is 10.7. The van der Waals surface area contributed by atoms with Gasteiger partial charge in [0.05, 0.1) is 0 Å². The maximum Gasteiger partial charge on any atom is 0.315 e. The van der Waals surface area contributed by atoms with Crippen molar-refractivity contribution < 1.29 is 19.5 Å². The van der Waals surface area contributed by atoms with E-state index in [1.807, 2.05) is 0 Å². The molecular formula is C9H13NO4. The molecule has 1 rings (SSSR count). The first-order valence-corrected chi connectivity index (χ1v) is 4.59. The second-order valence-corrected chi connectivity index (χ2v) is 3.30. The summed E-state index contributed by atoms with van der Waals surface area (Å²) in [5.74, 6) is -2.54. The standard InChI is InChI=1S/C9H13NO4/c1-2-8(12)10-4-3-7(11)6(5-10)9(13)14/h6H,2-5H2,1H3,(H,13,14). The van der Waals surface area contributed by atoms with Gasteiger partial charge >= 0.3 is 5.97 Å². The first-order valence-electron chi connectivity index (χ1n) is 4.59. The van der Waals surface area contributed by atoms with Crippen LogP contribution in [0.4, 0.5) is 0 Å². The van der Waals surface area contributed by atoms with Gasteiger partial charge in [0.25, 0.3) is 0 Å². The molecule has 1 amide bonds. The van der Waals surface area contributed by atoms with E-state index in [2.05, 4.69) is 0 Å². The molecule has 1 heterocycles. The third kappa shape index (κ3) is 2.10. The lowest BCUT2D eigenvalue weighted by molar-refractivity contribution is -0.150. The van der Waals surface area contributed by atoms with Crippen LogP contribution in [-0.2, 0) is 14.4 Å². The van der Waals surface area contributed by atoms with Crippen molar-refractivity contribution in [1.29, 1.82) is 0 Å². The molecule has 0 saturated carbocycles. The van der Waals surface area contributed by atoms with Gasteiger partial charge in [-0.1, -0.05) is 6.92 Å². The lowest BCUT2D eigenvalue weighted by atomic mass is 9.96. The summed E-state index contributed by atoms with van der Waals surface area (Å²) in [6.07, 6.45) is 0.503. The largest absolute Gasteiger partial charge is 0.481 e. The molecular weight excluding hydrogens is 186 g/mol. The average molecular weight is 199 g/mol. The number of carboxylic acid groups (broad SMARTS) is 1. The molecule has 1 unspecified atom stereocenters. The van der Waals surface area contributed by atoms with Crippen LogP contribution in [0.5, 0.6) is 0 Å². The summed E-state index contributed by atoms with van der Waals surface area (Å²) in [6, 6.07) is 0. The minimum absolute atomic E-state index is 0.0286. The van der Waals surface area contributed by atoms with E-state index in [0.29, 0.717) is 13.0 Å². The normalized spacial score (nSPS) is 22.2. The Morgan fingerprint density at radius 2 is 2.21 bits per heavy atom. The number of hydrogen-bond acceptors (Lipinski definition) is 3. The number of nitrogens with zero attached hydrogens (tertiary/aromatic N) is 1. The van der Waals surface area contributed by atoms with Crippen molar-refractivity contribution >= 4 is 17.7 Å². The Labute approximate surface area is 81.7 Å². The van der Waals surface area contributed by atoms with E-state index < -0.39 is 11.9 Å². The Morgan fingerprint density at radius 3 is 2.71 bits per heavy atom. The fraction of sp³-hybridized carbons (Fsp3) is 0.667. The molecule has 0 aromatic rings. The van der Waals surface area contributed by atoms with Crippen LogP contribution in [0.15, 0.2) is 0 Å². The molecule has 5 nitrogen and oxygen atoms in total. The van der Waals surface area contributed by atoms with Gasteiger partial charge in [0, 0.05) is 25.9 Å². The lowest BCUT2D eigenvalue weighted by Gasteiger charge is -2.29. The summed E-state index contributed by atoms with van der Waals surface area (Å²) in [4.78, 5) is 34.5. The molecule has 1 atom stereocenters. The van der Waals surface area contributed by atoms with Crippen LogP contribution in [0.3, 0.4) is 0 Å². The monoisotopic (exact) mass is 199 g/mol. The molecule has 1 saturated heterocycles. The molecule has 1 aliphatic heterocycles. The first-order chi connectivity index (χ1) is 6.56. The molecule has 0 bridgehead atoms. The smallest absolute Gasteiger partial charge is 0.315 e. The van der Waals surface area contributed by atoms with Crippen LogP contribution >= 0.6 is 0 Å². The highest BCUT2D eigenvalue weighted by Gasteiger charge is 2.33. The van der Waals surface area contributed by atoms with Crippen molar-refractivity contribution in [3.8, 4) is 0 Å². The highest BCUT2D eigenvalue weighted by Crippen LogP contribution is 2.14. The number of rotatable bonds is 2. The third-order valence-electron chi connectivity index (χ3n) is 2.37. The van der Waals surface area contributed by atoms with Gasteiger partial charge in [-0.3, -0.25) is 14.4 Å². The fourth-order valence-corrected chi connectivity index (χ4v) is 1.50. The minimum atomic E-state index is -1.14. The Kier molecular flexibility index (Phi) is 3.22. The van der Waals surface area contributed by atoms with Crippen LogP contribution in [0.1, 0.15) is 19.8 Å². The van der Waals surface area contributed by atoms with Crippen LogP contribution in [0.2, 0.25) is 0 Å². The van der Waals surface area contributed by atoms with E-state index in [1.165, 1.54) is 4.90 Å². The highest BCUT2D eigenvalue weighted by atomic mass is 16.4. The Hall–Kier alpha value is -1.39. The van der Waals surface area contributed by atoms with E-state index in [0.717, 1.165) is 0 Å². The summed E-state index contributed by atoms with van der Waals surface area (Å²) in [5.41, 5.74) is 0. The van der Waals surface area contributed by atoms with E-state index in [9.17, 15) is 14.4 Å². The predicted octanol–water partition coefficient (Wildman–Crippen LogP) is -0.101. The second kappa shape index (κ2) is 4.21. The molecule has 14 heavy (non-hydrogen) atoms. The number of piperidine rings is 1. The Morgan fingerprint density at radius 1 is 1.57 bits per heavy atom. The molecule has 5 heteroatoms. The van der Waals surface area contributed by atoms with Crippen LogP contribution < -0.4 is 0 Å². The number of likely N-dealkylation sites (tertiary alicyclic amines) is 1. The third-order valence-corrected chi connectivity index (χ3v) is 2.37. The molecule has 0 aromatic heterocycles. The van der Waals surface area contributed by atoms with Gasteiger partial charge < -0.3 is 10.0 Å². The van der Waals surface area contributed by atoms with Crippen LogP contribution in [0.25, 0.3) is 0 Å². The lowest BCUT2D eigenvalue weighted by Crippen LogP contribution is -2.46. The molecule has 0 radical (unpaired) electrons. The average Bonchev–Trinajstić information content (AvgIpc) is 2.17. The second-order valence-electron chi connectivity index (χ2n) is 3.30. The Balaban J connectivity index is 2.66. The van der Waals surface area contributed by atoms with Crippen molar-refractivity contribution in [3.05, 3.63) is 0 Å². The van der Waals surface area contributed by atoms with E-state index in [1.54, 1.807) is 6.92 Å². The summed E-state index contributed by atoms with van der Waals surface area (Å²) in [5, 5.41) is 8.72. The van der Waals surface area contributed by atoms with Crippen molar-refractivity contribution in [2.24, 2.45) is 5.92 Å². The van der Waals surface area contributed by atoms with Gasteiger partial charge in [-0.2, -0.15) is 0 Å². The topological polar surface area (TPSA) is 74.7 Å². The van der Waals surface area contributed by atoms with Gasteiger partial charge in [0.2, 0.25) is 5.91 Å². The summed E-state index contributed by atoms with van der Waals surface area (Å²) < 4.78 is 0. The number of aliphatic carboxylic acids is 1. The maximum absolute atomic E-state index is 11.3. The molecule has 1 N–H and O–H groups in total. The molecule has 0 aliphatic carbocycles. The fourth-order valence-electron chi connectivity index (χ4n) is 1.50. The van der Waals surface area contributed by atoms with Gasteiger partial charge in [-0.25, -0.2) is 0 Å². The van der Waals surface area contributed by atoms with Crippen LogP contribution in [-0.4, -0.2) is 40.8 Å². The van der Waals surface area contributed by atoms with Gasteiger partial charge in [0.1, 0.15) is 5.92 Å². The summed E-state index contributed by atoms with van der Waals surface area (Å²) in [6.45, 7) is 2.10. The van der Waals surface area contributed by atoms with E-state index >= 15 is 0 Å². The zero-order chi connectivity index (χ0) is 10.7. The maximum atomic E-state index is 11.3. The Bertz CT molecular complexity index is 274. The van der Waals surface area contributed by atoms with Crippen LogP contribution in [0, 0.1) is 5.92 Å². The van der Waals surface area contributed by atoms with E-state index in [-0.39, 0.29) is 24.7 Å². The number of Topliss-reactive ketones (excluding diaryl/α,β-unsaturated/α-hetero) is 1. The van der Waals surface area contributed by atoms with Gasteiger partial charge in [-0.15, -0.1) is 0 Å². The van der Waals surface area contributed by atoms with E-state index in [4.69, 9.17) is 5.11 Å². The molecule has 78 valence electrons. The minimum Gasteiger partial charge on any atom is -0.481 e. The van der Waals surface area contributed by atoms with Gasteiger partial charge in [0.15, 0.2) is 5.78 Å².